The first-order valence-corrected chi connectivity index (χ1v) is 9.65. The average molecular weight is 396 g/mol. The predicted molar refractivity (Wildman–Crippen MR) is 112 cm³/mol. The number of benzene rings is 1. The molecule has 1 aliphatic rings. The standard InChI is InChI=1S/C21H33N3O2.ClH/c1-21(2,3)20(26)24-13-7-10-18(16-24)19(25)23(15-12-22)14-11-17-8-5-4-6-9-17;/h4-6,8-9,18H,7,10-16,22H2,1-3H3;1H. The third-order valence-electron chi connectivity index (χ3n) is 4.92. The van der Waals surface area contributed by atoms with Crippen LogP contribution < -0.4 is 5.73 Å². The van der Waals surface area contributed by atoms with Crippen LogP contribution >= 0.6 is 12.4 Å². The molecule has 5 nitrogen and oxygen atoms in total. The summed E-state index contributed by atoms with van der Waals surface area (Å²) in [4.78, 5) is 29.4. The molecule has 1 saturated heterocycles. The number of nitrogens with two attached hydrogens (primary N) is 1. The molecule has 2 N–H and O–H groups in total. The van der Waals surface area contributed by atoms with Crippen LogP contribution in [-0.4, -0.2) is 54.3 Å². The second-order valence-corrected chi connectivity index (χ2v) is 8.19. The number of piperidine rings is 1. The normalized spacial score (nSPS) is 17.2. The molecular weight excluding hydrogens is 362 g/mol. The highest BCUT2D eigenvalue weighted by atomic mass is 35.5. The molecule has 0 bridgehead atoms. The molecule has 2 rings (SSSR count). The van der Waals surface area contributed by atoms with E-state index in [1.54, 1.807) is 0 Å². The third-order valence-corrected chi connectivity index (χ3v) is 4.92. The molecule has 152 valence electrons. The van der Waals surface area contributed by atoms with Gasteiger partial charge >= 0.3 is 0 Å². The van der Waals surface area contributed by atoms with Gasteiger partial charge in [-0.3, -0.25) is 9.59 Å². The van der Waals surface area contributed by atoms with Crippen molar-refractivity contribution in [2.24, 2.45) is 17.1 Å². The van der Waals surface area contributed by atoms with Crippen LogP contribution in [0.1, 0.15) is 39.2 Å². The Morgan fingerprint density at radius 3 is 2.44 bits per heavy atom. The first kappa shape index (κ1) is 23.4. The summed E-state index contributed by atoms with van der Waals surface area (Å²) in [6.07, 6.45) is 2.55. The lowest BCUT2D eigenvalue weighted by Crippen LogP contribution is -2.50. The number of carbonyl (C=O) groups is 2. The number of halogens is 1. The Balaban J connectivity index is 0.00000364. The summed E-state index contributed by atoms with van der Waals surface area (Å²) in [5.41, 5.74) is 6.55. The van der Waals surface area contributed by atoms with Crippen molar-refractivity contribution in [3.63, 3.8) is 0 Å². The van der Waals surface area contributed by atoms with Crippen molar-refractivity contribution in [3.05, 3.63) is 35.9 Å². The van der Waals surface area contributed by atoms with Crippen LogP contribution in [0, 0.1) is 11.3 Å². The molecule has 1 atom stereocenters. The Morgan fingerprint density at radius 2 is 1.85 bits per heavy atom. The molecule has 0 aliphatic carbocycles. The lowest BCUT2D eigenvalue weighted by Gasteiger charge is -2.37. The Morgan fingerprint density at radius 1 is 1.19 bits per heavy atom. The number of hydrogen-bond acceptors (Lipinski definition) is 3. The second-order valence-electron chi connectivity index (χ2n) is 8.19. The minimum absolute atomic E-state index is 0. The minimum Gasteiger partial charge on any atom is -0.341 e. The van der Waals surface area contributed by atoms with Gasteiger partial charge in [0.2, 0.25) is 11.8 Å². The molecule has 0 saturated carbocycles. The van der Waals surface area contributed by atoms with Gasteiger partial charge in [-0.15, -0.1) is 12.4 Å². The number of nitrogens with zero attached hydrogens (tertiary/aromatic N) is 2. The number of rotatable bonds is 6. The number of amides is 2. The highest BCUT2D eigenvalue weighted by Crippen LogP contribution is 2.24. The van der Waals surface area contributed by atoms with E-state index in [2.05, 4.69) is 12.1 Å². The summed E-state index contributed by atoms with van der Waals surface area (Å²) >= 11 is 0. The summed E-state index contributed by atoms with van der Waals surface area (Å²) in [5.74, 6) is 0.153. The zero-order valence-corrected chi connectivity index (χ0v) is 17.6. The van der Waals surface area contributed by atoms with Crippen molar-refractivity contribution in [2.45, 2.75) is 40.0 Å². The van der Waals surface area contributed by atoms with Crippen molar-refractivity contribution in [1.82, 2.24) is 9.80 Å². The zero-order chi connectivity index (χ0) is 19.2. The molecule has 1 aromatic carbocycles. The van der Waals surface area contributed by atoms with E-state index in [1.165, 1.54) is 5.56 Å². The largest absolute Gasteiger partial charge is 0.341 e. The number of carbonyl (C=O) groups excluding carboxylic acids is 2. The highest BCUT2D eigenvalue weighted by molar-refractivity contribution is 5.85. The molecule has 1 aromatic rings. The molecule has 1 heterocycles. The van der Waals surface area contributed by atoms with E-state index < -0.39 is 5.41 Å². The van der Waals surface area contributed by atoms with Gasteiger partial charge in [-0.05, 0) is 24.8 Å². The molecule has 0 aromatic heterocycles. The van der Waals surface area contributed by atoms with Crippen LogP contribution in [0.2, 0.25) is 0 Å². The maximum atomic E-state index is 13.1. The topological polar surface area (TPSA) is 66.6 Å². The van der Waals surface area contributed by atoms with Crippen LogP contribution in [-0.2, 0) is 16.0 Å². The molecule has 0 radical (unpaired) electrons. The summed E-state index contributed by atoms with van der Waals surface area (Å²) in [7, 11) is 0. The van der Waals surface area contributed by atoms with Crippen LogP contribution in [0.15, 0.2) is 30.3 Å². The van der Waals surface area contributed by atoms with Crippen molar-refractivity contribution < 1.29 is 9.59 Å². The second kappa shape index (κ2) is 10.7. The molecule has 6 heteroatoms. The molecule has 1 unspecified atom stereocenters. The summed E-state index contributed by atoms with van der Waals surface area (Å²) < 4.78 is 0. The van der Waals surface area contributed by atoms with Crippen molar-refractivity contribution >= 4 is 24.2 Å². The van der Waals surface area contributed by atoms with Gasteiger partial charge in [0.1, 0.15) is 0 Å². The number of likely N-dealkylation sites (tertiary alicyclic amines) is 1. The molecule has 2 amide bonds. The maximum Gasteiger partial charge on any atom is 0.227 e. The maximum absolute atomic E-state index is 13.1. The fourth-order valence-corrected chi connectivity index (χ4v) is 3.49. The first-order chi connectivity index (χ1) is 12.3. The first-order valence-electron chi connectivity index (χ1n) is 9.65. The zero-order valence-electron chi connectivity index (χ0n) is 16.8. The Hall–Kier alpha value is -1.59. The Kier molecular flexibility index (Phi) is 9.27. The summed E-state index contributed by atoms with van der Waals surface area (Å²) in [6, 6.07) is 10.2. The molecular formula is C21H34ClN3O2. The summed E-state index contributed by atoms with van der Waals surface area (Å²) in [5, 5.41) is 0. The summed E-state index contributed by atoms with van der Waals surface area (Å²) in [6.45, 7) is 8.77. The van der Waals surface area contributed by atoms with E-state index in [1.807, 2.05) is 48.8 Å². The van der Waals surface area contributed by atoms with Gasteiger partial charge in [0.25, 0.3) is 0 Å². The lowest BCUT2D eigenvalue weighted by atomic mass is 9.90. The number of hydrogen-bond donors (Lipinski definition) is 1. The molecule has 27 heavy (non-hydrogen) atoms. The van der Waals surface area contributed by atoms with E-state index >= 15 is 0 Å². The van der Waals surface area contributed by atoms with Gasteiger partial charge in [0.15, 0.2) is 0 Å². The molecule has 0 spiro atoms. The van der Waals surface area contributed by atoms with E-state index in [4.69, 9.17) is 5.73 Å². The monoisotopic (exact) mass is 395 g/mol. The van der Waals surface area contributed by atoms with Crippen LogP contribution in [0.5, 0.6) is 0 Å². The average Bonchev–Trinajstić information content (AvgIpc) is 2.64. The fourth-order valence-electron chi connectivity index (χ4n) is 3.49. The quantitative estimate of drug-likeness (QED) is 0.805. The van der Waals surface area contributed by atoms with Gasteiger partial charge in [0.05, 0.1) is 5.92 Å². The smallest absolute Gasteiger partial charge is 0.227 e. The predicted octanol–water partition coefficient (Wildman–Crippen LogP) is 2.72. The van der Waals surface area contributed by atoms with Crippen molar-refractivity contribution in [1.29, 1.82) is 0 Å². The Bertz CT molecular complexity index is 601. The highest BCUT2D eigenvalue weighted by Gasteiger charge is 2.34. The van der Waals surface area contributed by atoms with Gasteiger partial charge in [-0.2, -0.15) is 0 Å². The van der Waals surface area contributed by atoms with Crippen LogP contribution in [0.25, 0.3) is 0 Å². The van der Waals surface area contributed by atoms with Crippen molar-refractivity contribution in [2.75, 3.05) is 32.7 Å². The van der Waals surface area contributed by atoms with Crippen molar-refractivity contribution in [3.8, 4) is 0 Å². The van der Waals surface area contributed by atoms with Gasteiger partial charge in [-0.25, -0.2) is 0 Å². The van der Waals surface area contributed by atoms with Crippen LogP contribution in [0.3, 0.4) is 0 Å². The minimum atomic E-state index is -0.408. The van der Waals surface area contributed by atoms with Gasteiger partial charge in [-0.1, -0.05) is 51.1 Å². The van der Waals surface area contributed by atoms with E-state index in [0.29, 0.717) is 26.2 Å². The lowest BCUT2D eigenvalue weighted by molar-refractivity contribution is -0.145. The molecule has 1 aliphatic heterocycles. The van der Waals surface area contributed by atoms with Crippen LogP contribution in [0.4, 0.5) is 0 Å². The Labute approximate surface area is 169 Å². The van der Waals surface area contributed by atoms with Gasteiger partial charge < -0.3 is 15.5 Å². The van der Waals surface area contributed by atoms with E-state index in [-0.39, 0.29) is 30.1 Å². The van der Waals surface area contributed by atoms with E-state index in [0.717, 1.165) is 25.8 Å². The third kappa shape index (κ3) is 6.82. The molecule has 1 fully saturated rings. The SMILES string of the molecule is CC(C)(C)C(=O)N1CCCC(C(=O)N(CCN)CCc2ccccc2)C1.Cl. The fraction of sp³-hybridized carbons (Fsp3) is 0.619. The van der Waals surface area contributed by atoms with E-state index in [9.17, 15) is 9.59 Å². The van der Waals surface area contributed by atoms with Gasteiger partial charge in [0, 0.05) is 38.1 Å².